The maximum absolute atomic E-state index is 11.7. The van der Waals surface area contributed by atoms with E-state index in [0.29, 0.717) is 11.2 Å². The summed E-state index contributed by atoms with van der Waals surface area (Å²) in [6.07, 6.45) is 6.19. The molecule has 1 aliphatic carbocycles. The molecule has 0 aromatic carbocycles. The highest BCUT2D eigenvalue weighted by Gasteiger charge is 2.52. The van der Waals surface area contributed by atoms with E-state index in [1.165, 1.54) is 6.33 Å². The molecular formula is C9H10N6O. The Morgan fingerprint density at radius 1 is 1.50 bits per heavy atom. The van der Waals surface area contributed by atoms with Gasteiger partial charge in [-0.05, 0) is 12.8 Å². The number of rotatable bonds is 2. The zero-order valence-corrected chi connectivity index (χ0v) is 8.42. The summed E-state index contributed by atoms with van der Waals surface area (Å²) in [7, 11) is 0. The first kappa shape index (κ1) is 9.22. The molecule has 7 nitrogen and oxygen atoms in total. The van der Waals surface area contributed by atoms with Crippen molar-refractivity contribution in [3.8, 4) is 0 Å². The number of imidazole rings is 1. The van der Waals surface area contributed by atoms with E-state index in [2.05, 4.69) is 20.4 Å². The van der Waals surface area contributed by atoms with Gasteiger partial charge < -0.3 is 0 Å². The average molecular weight is 218 g/mol. The molecule has 2 heterocycles. The summed E-state index contributed by atoms with van der Waals surface area (Å²) in [5.74, 6) is 4.98. The number of nitrogens with zero attached hydrogens (tertiary/aromatic N) is 4. The van der Waals surface area contributed by atoms with Crippen molar-refractivity contribution >= 4 is 17.1 Å². The van der Waals surface area contributed by atoms with Crippen LogP contribution in [0.15, 0.2) is 18.9 Å². The van der Waals surface area contributed by atoms with Crippen LogP contribution in [0.5, 0.6) is 0 Å². The van der Waals surface area contributed by atoms with Crippen molar-refractivity contribution in [3.05, 3.63) is 18.9 Å². The number of carbonyl (C=O) groups excluding carboxylic acids is 1. The van der Waals surface area contributed by atoms with Crippen molar-refractivity contribution in [3.63, 3.8) is 0 Å². The van der Waals surface area contributed by atoms with E-state index >= 15 is 0 Å². The third-order valence-corrected chi connectivity index (χ3v) is 2.95. The molecule has 0 atom stereocenters. The second kappa shape index (κ2) is 2.99. The monoisotopic (exact) mass is 218 g/mol. The number of carbonyl (C=O) groups is 1. The largest absolute Gasteiger partial charge is 0.300 e. The van der Waals surface area contributed by atoms with Gasteiger partial charge in [0.05, 0.1) is 12.5 Å². The Morgan fingerprint density at radius 3 is 3.00 bits per heavy atom. The minimum atomic E-state index is -0.599. The molecule has 1 aliphatic rings. The van der Waals surface area contributed by atoms with Crippen LogP contribution in [0.2, 0.25) is 0 Å². The van der Waals surface area contributed by atoms with Crippen molar-refractivity contribution < 1.29 is 4.79 Å². The third kappa shape index (κ3) is 1.06. The Hall–Kier alpha value is -2.02. The van der Waals surface area contributed by atoms with Crippen LogP contribution in [0.3, 0.4) is 0 Å². The van der Waals surface area contributed by atoms with Crippen LogP contribution in [0.4, 0.5) is 0 Å². The van der Waals surface area contributed by atoms with Crippen molar-refractivity contribution in [2.75, 3.05) is 0 Å². The van der Waals surface area contributed by atoms with E-state index in [1.807, 2.05) is 0 Å². The molecule has 7 heteroatoms. The molecule has 2 aromatic heterocycles. The van der Waals surface area contributed by atoms with Crippen LogP contribution in [-0.4, -0.2) is 25.4 Å². The number of fused-ring (bicyclic) bond motifs is 1. The molecule has 3 rings (SSSR count). The fourth-order valence-corrected chi connectivity index (χ4v) is 1.91. The normalized spacial score (nSPS) is 17.3. The predicted molar refractivity (Wildman–Crippen MR) is 54.9 cm³/mol. The predicted octanol–water partition coefficient (Wildman–Crippen LogP) is -0.695. The first-order valence-electron chi connectivity index (χ1n) is 4.92. The molecular weight excluding hydrogens is 208 g/mol. The molecule has 0 aliphatic heterocycles. The standard InChI is InChI=1S/C9H10N6O/c10-14-8(16)9(1-2-9)15-5-13-6-3-11-4-12-7(6)15/h3-5H,1-2,10H2,(H,14,16). The third-order valence-electron chi connectivity index (χ3n) is 2.95. The number of nitrogens with one attached hydrogen (secondary N) is 1. The topological polar surface area (TPSA) is 98.7 Å². The summed E-state index contributed by atoms with van der Waals surface area (Å²) >= 11 is 0. The summed E-state index contributed by atoms with van der Waals surface area (Å²) in [6, 6.07) is 0. The first-order chi connectivity index (χ1) is 7.78. The van der Waals surface area contributed by atoms with Crippen molar-refractivity contribution in [2.24, 2.45) is 5.84 Å². The van der Waals surface area contributed by atoms with Crippen molar-refractivity contribution in [1.29, 1.82) is 0 Å². The second-order valence-electron chi connectivity index (χ2n) is 3.85. The molecule has 0 bridgehead atoms. The summed E-state index contributed by atoms with van der Waals surface area (Å²) in [4.78, 5) is 23.9. The maximum Gasteiger partial charge on any atom is 0.260 e. The molecule has 0 saturated heterocycles. The van der Waals surface area contributed by atoms with Gasteiger partial charge in [0.2, 0.25) is 0 Å². The van der Waals surface area contributed by atoms with Gasteiger partial charge in [0, 0.05) is 0 Å². The fourth-order valence-electron chi connectivity index (χ4n) is 1.91. The molecule has 1 fully saturated rings. The van der Waals surface area contributed by atoms with E-state index in [-0.39, 0.29) is 5.91 Å². The minimum absolute atomic E-state index is 0.203. The molecule has 0 spiro atoms. The van der Waals surface area contributed by atoms with Gasteiger partial charge >= 0.3 is 0 Å². The molecule has 2 aromatic rings. The lowest BCUT2D eigenvalue weighted by atomic mass is 10.2. The summed E-state index contributed by atoms with van der Waals surface area (Å²) in [5, 5.41) is 0. The smallest absolute Gasteiger partial charge is 0.260 e. The summed E-state index contributed by atoms with van der Waals surface area (Å²) in [5.41, 5.74) is 2.93. The Labute approximate surface area is 90.7 Å². The van der Waals surface area contributed by atoms with E-state index in [0.717, 1.165) is 12.8 Å². The van der Waals surface area contributed by atoms with Crippen molar-refractivity contribution in [1.82, 2.24) is 24.9 Å². The van der Waals surface area contributed by atoms with E-state index in [4.69, 9.17) is 5.84 Å². The lowest BCUT2D eigenvalue weighted by molar-refractivity contribution is -0.125. The fraction of sp³-hybridized carbons (Fsp3) is 0.333. The van der Waals surface area contributed by atoms with Gasteiger partial charge in [-0.3, -0.25) is 14.8 Å². The molecule has 1 saturated carbocycles. The minimum Gasteiger partial charge on any atom is -0.300 e. The summed E-state index contributed by atoms with van der Waals surface area (Å²) < 4.78 is 1.77. The maximum atomic E-state index is 11.7. The van der Waals surface area contributed by atoms with Gasteiger partial charge in [0.25, 0.3) is 5.91 Å². The van der Waals surface area contributed by atoms with E-state index < -0.39 is 5.54 Å². The zero-order valence-electron chi connectivity index (χ0n) is 8.42. The SMILES string of the molecule is NNC(=O)C1(n2cnc3cncnc32)CC1. The molecule has 16 heavy (non-hydrogen) atoms. The highest BCUT2D eigenvalue weighted by Crippen LogP contribution is 2.44. The van der Waals surface area contributed by atoms with Gasteiger partial charge in [-0.15, -0.1) is 0 Å². The number of hydrogen-bond donors (Lipinski definition) is 2. The molecule has 82 valence electrons. The van der Waals surface area contributed by atoms with Crippen LogP contribution in [0.25, 0.3) is 11.2 Å². The Kier molecular flexibility index (Phi) is 1.72. The molecule has 1 amide bonds. The highest BCUT2D eigenvalue weighted by molar-refractivity contribution is 5.88. The Balaban J connectivity index is 2.16. The molecule has 0 radical (unpaired) electrons. The van der Waals surface area contributed by atoms with Crippen LogP contribution in [0.1, 0.15) is 12.8 Å². The lowest BCUT2D eigenvalue weighted by Gasteiger charge is -2.14. The summed E-state index contributed by atoms with van der Waals surface area (Å²) in [6.45, 7) is 0. The van der Waals surface area contributed by atoms with Crippen LogP contribution >= 0.6 is 0 Å². The van der Waals surface area contributed by atoms with E-state index in [9.17, 15) is 4.79 Å². The number of aromatic nitrogens is 4. The zero-order chi connectivity index (χ0) is 11.2. The number of hydrazine groups is 1. The first-order valence-corrected chi connectivity index (χ1v) is 4.92. The lowest BCUT2D eigenvalue weighted by Crippen LogP contribution is -2.42. The Morgan fingerprint density at radius 2 is 2.31 bits per heavy atom. The van der Waals surface area contributed by atoms with Crippen LogP contribution in [-0.2, 0) is 10.3 Å². The van der Waals surface area contributed by atoms with E-state index in [1.54, 1.807) is 17.1 Å². The number of hydrogen-bond acceptors (Lipinski definition) is 5. The van der Waals surface area contributed by atoms with Crippen molar-refractivity contribution in [2.45, 2.75) is 18.4 Å². The van der Waals surface area contributed by atoms with Crippen LogP contribution in [0, 0.1) is 0 Å². The average Bonchev–Trinajstić information content (AvgIpc) is 3.02. The van der Waals surface area contributed by atoms with Gasteiger partial charge in [0.15, 0.2) is 5.65 Å². The van der Waals surface area contributed by atoms with Gasteiger partial charge in [0.1, 0.15) is 17.4 Å². The number of amides is 1. The Bertz CT molecular complexity index is 558. The van der Waals surface area contributed by atoms with Crippen LogP contribution < -0.4 is 11.3 Å². The quantitative estimate of drug-likeness (QED) is 0.394. The van der Waals surface area contributed by atoms with Gasteiger partial charge in [-0.1, -0.05) is 0 Å². The second-order valence-corrected chi connectivity index (χ2v) is 3.85. The van der Waals surface area contributed by atoms with Gasteiger partial charge in [-0.2, -0.15) is 0 Å². The molecule has 3 N–H and O–H groups in total. The molecule has 0 unspecified atom stereocenters. The number of nitrogens with two attached hydrogens (primary N) is 1. The highest BCUT2D eigenvalue weighted by atomic mass is 16.2. The van der Waals surface area contributed by atoms with Gasteiger partial charge in [-0.25, -0.2) is 20.8 Å².